The first-order valence-electron chi connectivity index (χ1n) is 8.39. The van der Waals surface area contributed by atoms with Gasteiger partial charge in [-0.15, -0.1) is 0 Å². The number of hydrogen-bond donors (Lipinski definition) is 0. The molecule has 0 unspecified atom stereocenters. The van der Waals surface area contributed by atoms with Crippen molar-refractivity contribution in [2.24, 2.45) is 5.92 Å². The predicted octanol–water partition coefficient (Wildman–Crippen LogP) is 2.75. The van der Waals surface area contributed by atoms with E-state index in [0.717, 1.165) is 12.8 Å². The maximum absolute atomic E-state index is 12.6. The molecule has 0 aromatic carbocycles. The Kier molecular flexibility index (Phi) is 5.58. The van der Waals surface area contributed by atoms with Crippen molar-refractivity contribution in [2.45, 2.75) is 39.1 Å². The van der Waals surface area contributed by atoms with E-state index in [1.54, 1.807) is 6.07 Å². The van der Waals surface area contributed by atoms with E-state index >= 15 is 0 Å². The number of amides is 1. The summed E-state index contributed by atoms with van der Waals surface area (Å²) in [4.78, 5) is 18.6. The zero-order valence-corrected chi connectivity index (χ0v) is 14.8. The minimum Gasteiger partial charge on any atom is -0.474 e. The van der Waals surface area contributed by atoms with Gasteiger partial charge in [0.05, 0.1) is 24.9 Å². The van der Waals surface area contributed by atoms with Crippen LogP contribution in [0.3, 0.4) is 0 Å². The third-order valence-corrected chi connectivity index (χ3v) is 4.53. The van der Waals surface area contributed by atoms with Crippen molar-refractivity contribution in [3.05, 3.63) is 22.8 Å². The van der Waals surface area contributed by atoms with Gasteiger partial charge in [0.1, 0.15) is 5.02 Å². The topological polar surface area (TPSA) is 60.9 Å². The Balaban J connectivity index is 1.59. The monoisotopic (exact) mass is 354 g/mol. The molecule has 2 aliphatic heterocycles. The minimum atomic E-state index is -0.106. The third kappa shape index (κ3) is 3.99. The molecule has 0 spiro atoms. The number of carbonyl (C=O) groups excluding carboxylic acids is 1. The Bertz CT molecular complexity index is 582. The van der Waals surface area contributed by atoms with Crippen LogP contribution >= 0.6 is 11.6 Å². The molecule has 1 amide bonds. The molecule has 2 saturated heterocycles. The van der Waals surface area contributed by atoms with E-state index in [9.17, 15) is 4.79 Å². The molecule has 132 valence electrons. The van der Waals surface area contributed by atoms with E-state index in [4.69, 9.17) is 25.8 Å². The second kappa shape index (κ2) is 7.68. The SMILES string of the molecule is CC(C)Oc1ncc(C(=O)N2CCC(C3OCCO3)CC2)cc1Cl. The van der Waals surface area contributed by atoms with Gasteiger partial charge >= 0.3 is 0 Å². The normalized spacial score (nSPS) is 19.9. The van der Waals surface area contributed by atoms with Crippen LogP contribution in [0.5, 0.6) is 5.88 Å². The van der Waals surface area contributed by atoms with Crippen LogP contribution in [0, 0.1) is 5.92 Å². The summed E-state index contributed by atoms with van der Waals surface area (Å²) in [7, 11) is 0. The molecule has 3 heterocycles. The number of rotatable bonds is 4. The number of piperidine rings is 1. The van der Waals surface area contributed by atoms with Gasteiger partial charge in [-0.1, -0.05) is 11.6 Å². The van der Waals surface area contributed by atoms with Gasteiger partial charge < -0.3 is 19.1 Å². The molecule has 0 saturated carbocycles. The van der Waals surface area contributed by atoms with Gasteiger partial charge in [-0.05, 0) is 32.8 Å². The summed E-state index contributed by atoms with van der Waals surface area (Å²) in [5.74, 6) is 0.671. The molecular weight excluding hydrogens is 332 g/mol. The first kappa shape index (κ1) is 17.5. The summed E-state index contributed by atoms with van der Waals surface area (Å²) in [6.07, 6.45) is 3.17. The van der Waals surface area contributed by atoms with Crippen LogP contribution in [-0.4, -0.2) is 54.5 Å². The molecule has 0 bridgehead atoms. The van der Waals surface area contributed by atoms with Gasteiger partial charge in [-0.2, -0.15) is 0 Å². The van der Waals surface area contributed by atoms with Crippen molar-refractivity contribution in [1.29, 1.82) is 0 Å². The van der Waals surface area contributed by atoms with E-state index in [1.807, 2.05) is 18.7 Å². The highest BCUT2D eigenvalue weighted by Crippen LogP contribution is 2.28. The molecule has 1 aromatic rings. The highest BCUT2D eigenvalue weighted by Gasteiger charge is 2.32. The molecule has 0 N–H and O–H groups in total. The quantitative estimate of drug-likeness (QED) is 0.832. The molecule has 6 nitrogen and oxygen atoms in total. The van der Waals surface area contributed by atoms with Crippen molar-refractivity contribution in [3.8, 4) is 5.88 Å². The number of pyridine rings is 1. The summed E-state index contributed by atoms with van der Waals surface area (Å²) in [5.41, 5.74) is 0.489. The lowest BCUT2D eigenvalue weighted by molar-refractivity contribution is -0.0956. The summed E-state index contributed by atoms with van der Waals surface area (Å²) in [6.45, 7) is 6.51. The van der Waals surface area contributed by atoms with Crippen molar-refractivity contribution in [2.75, 3.05) is 26.3 Å². The molecule has 0 aliphatic carbocycles. The molecule has 0 radical (unpaired) electrons. The van der Waals surface area contributed by atoms with Gasteiger partial charge in [-0.25, -0.2) is 4.98 Å². The molecule has 1 aromatic heterocycles. The number of carbonyl (C=O) groups is 1. The lowest BCUT2D eigenvalue weighted by Gasteiger charge is -2.33. The van der Waals surface area contributed by atoms with Gasteiger partial charge in [0, 0.05) is 25.2 Å². The first-order chi connectivity index (χ1) is 11.5. The molecule has 2 aliphatic rings. The number of likely N-dealkylation sites (tertiary alicyclic amines) is 1. The minimum absolute atomic E-state index is 0.0180. The highest BCUT2D eigenvalue weighted by atomic mass is 35.5. The van der Waals surface area contributed by atoms with E-state index in [0.29, 0.717) is 48.7 Å². The molecule has 2 fully saturated rings. The Morgan fingerprint density at radius 1 is 1.33 bits per heavy atom. The maximum atomic E-state index is 12.6. The molecular formula is C17H23ClN2O4. The number of halogens is 1. The third-order valence-electron chi connectivity index (χ3n) is 4.26. The second-order valence-corrected chi connectivity index (χ2v) is 6.82. The van der Waals surface area contributed by atoms with E-state index in [-0.39, 0.29) is 18.3 Å². The molecule has 0 atom stereocenters. The second-order valence-electron chi connectivity index (χ2n) is 6.42. The average molecular weight is 355 g/mol. The average Bonchev–Trinajstić information content (AvgIpc) is 3.10. The maximum Gasteiger partial charge on any atom is 0.255 e. The predicted molar refractivity (Wildman–Crippen MR) is 89.3 cm³/mol. The van der Waals surface area contributed by atoms with Gasteiger partial charge in [-0.3, -0.25) is 4.79 Å². The largest absolute Gasteiger partial charge is 0.474 e. The Morgan fingerprint density at radius 3 is 2.58 bits per heavy atom. The van der Waals surface area contributed by atoms with E-state index in [2.05, 4.69) is 4.98 Å². The molecule has 3 rings (SSSR count). The van der Waals surface area contributed by atoms with Crippen LogP contribution in [0.15, 0.2) is 12.3 Å². The summed E-state index contributed by atoms with van der Waals surface area (Å²) >= 11 is 6.17. The number of nitrogens with zero attached hydrogens (tertiary/aromatic N) is 2. The summed E-state index contributed by atoms with van der Waals surface area (Å²) in [6, 6.07) is 1.63. The number of hydrogen-bond acceptors (Lipinski definition) is 5. The Hall–Kier alpha value is -1.37. The Labute approximate surface area is 147 Å². The number of ether oxygens (including phenoxy) is 3. The standard InChI is InChI=1S/C17H23ClN2O4/c1-11(2)24-15-14(18)9-13(10-19-15)16(21)20-5-3-12(4-6-20)17-22-7-8-23-17/h9-12,17H,3-8H2,1-2H3. The van der Waals surface area contributed by atoms with Crippen LogP contribution < -0.4 is 4.74 Å². The smallest absolute Gasteiger partial charge is 0.255 e. The Morgan fingerprint density at radius 2 is 2.00 bits per heavy atom. The van der Waals surface area contributed by atoms with Gasteiger partial charge in [0.2, 0.25) is 5.88 Å². The first-order valence-corrected chi connectivity index (χ1v) is 8.77. The van der Waals surface area contributed by atoms with Crippen LogP contribution in [0.1, 0.15) is 37.0 Å². The number of aromatic nitrogens is 1. The van der Waals surface area contributed by atoms with Gasteiger partial charge in [0.15, 0.2) is 6.29 Å². The summed E-state index contributed by atoms with van der Waals surface area (Å²) in [5, 5.41) is 0.359. The summed E-state index contributed by atoms with van der Waals surface area (Å²) < 4.78 is 16.6. The van der Waals surface area contributed by atoms with Gasteiger partial charge in [0.25, 0.3) is 5.91 Å². The van der Waals surface area contributed by atoms with Crippen LogP contribution in [0.4, 0.5) is 0 Å². The fourth-order valence-electron chi connectivity index (χ4n) is 3.06. The van der Waals surface area contributed by atoms with E-state index in [1.165, 1.54) is 6.20 Å². The lowest BCUT2D eigenvalue weighted by Crippen LogP contribution is -2.41. The molecule has 24 heavy (non-hydrogen) atoms. The van der Waals surface area contributed by atoms with Crippen molar-refractivity contribution in [3.63, 3.8) is 0 Å². The fourth-order valence-corrected chi connectivity index (χ4v) is 3.27. The van der Waals surface area contributed by atoms with Crippen molar-refractivity contribution < 1.29 is 19.0 Å². The fraction of sp³-hybridized carbons (Fsp3) is 0.647. The molecule has 7 heteroatoms. The van der Waals surface area contributed by atoms with Crippen LogP contribution in [0.25, 0.3) is 0 Å². The van der Waals surface area contributed by atoms with Crippen molar-refractivity contribution in [1.82, 2.24) is 9.88 Å². The van der Waals surface area contributed by atoms with E-state index < -0.39 is 0 Å². The zero-order chi connectivity index (χ0) is 17.1. The zero-order valence-electron chi connectivity index (χ0n) is 14.0. The highest BCUT2D eigenvalue weighted by molar-refractivity contribution is 6.32. The van der Waals surface area contributed by atoms with Crippen LogP contribution in [-0.2, 0) is 9.47 Å². The van der Waals surface area contributed by atoms with Crippen LogP contribution in [0.2, 0.25) is 5.02 Å². The van der Waals surface area contributed by atoms with Crippen molar-refractivity contribution >= 4 is 17.5 Å². The lowest BCUT2D eigenvalue weighted by atomic mass is 9.96.